The van der Waals surface area contributed by atoms with E-state index >= 15 is 0 Å². The molecular formula is C16H27N3O5. The number of nitrogens with zero attached hydrogens (tertiary/aromatic N) is 2. The molecule has 24 heavy (non-hydrogen) atoms. The lowest BCUT2D eigenvalue weighted by atomic mass is 9.83. The third-order valence-corrected chi connectivity index (χ3v) is 4.64. The van der Waals surface area contributed by atoms with E-state index in [2.05, 4.69) is 0 Å². The second-order valence-corrected chi connectivity index (χ2v) is 7.79. The Bertz CT molecular complexity index is 556. The van der Waals surface area contributed by atoms with Gasteiger partial charge in [-0.05, 0) is 47.5 Å². The lowest BCUT2D eigenvalue weighted by Crippen LogP contribution is -2.77. The highest BCUT2D eigenvalue weighted by molar-refractivity contribution is 5.99. The molecule has 2 unspecified atom stereocenters. The van der Waals surface area contributed by atoms with Crippen LogP contribution in [0.4, 0.5) is 4.79 Å². The predicted molar refractivity (Wildman–Crippen MR) is 85.9 cm³/mol. The van der Waals surface area contributed by atoms with Crippen LogP contribution in [0.25, 0.3) is 0 Å². The number of hydrogen-bond acceptors (Lipinski definition) is 5. The summed E-state index contributed by atoms with van der Waals surface area (Å²) in [6.45, 7) is 8.76. The van der Waals surface area contributed by atoms with Crippen molar-refractivity contribution >= 4 is 17.9 Å². The minimum atomic E-state index is -1.08. The molecule has 2 rings (SSSR count). The molecule has 3 amide bonds. The minimum absolute atomic E-state index is 0.135. The molecule has 0 saturated carbocycles. The number of carbonyl (C=O) groups excluding carboxylic acids is 3. The van der Waals surface area contributed by atoms with Gasteiger partial charge in [0.25, 0.3) is 5.91 Å². The summed E-state index contributed by atoms with van der Waals surface area (Å²) in [5.41, 5.74) is 3.64. The molecule has 0 aliphatic carbocycles. The van der Waals surface area contributed by atoms with E-state index in [1.807, 2.05) is 6.92 Å². The molecule has 136 valence electrons. The maximum absolute atomic E-state index is 12.8. The van der Waals surface area contributed by atoms with Crippen molar-refractivity contribution < 1.29 is 24.2 Å². The summed E-state index contributed by atoms with van der Waals surface area (Å²) in [4.78, 5) is 39.7. The first-order valence-electron chi connectivity index (χ1n) is 8.21. The summed E-state index contributed by atoms with van der Waals surface area (Å²) >= 11 is 0. The first-order chi connectivity index (χ1) is 10.9. The maximum Gasteiger partial charge on any atom is 0.411 e. The number of likely N-dealkylation sites (tertiary alicyclic amines) is 2. The van der Waals surface area contributed by atoms with Gasteiger partial charge in [-0.2, -0.15) is 0 Å². The lowest BCUT2D eigenvalue weighted by Gasteiger charge is -2.53. The number of aliphatic hydroxyl groups is 1. The van der Waals surface area contributed by atoms with Gasteiger partial charge >= 0.3 is 6.09 Å². The summed E-state index contributed by atoms with van der Waals surface area (Å²) in [5, 5.41) is 9.75. The molecule has 3 N–H and O–H groups in total. The van der Waals surface area contributed by atoms with Gasteiger partial charge in [-0.1, -0.05) is 0 Å². The van der Waals surface area contributed by atoms with E-state index in [0.29, 0.717) is 12.8 Å². The zero-order valence-corrected chi connectivity index (χ0v) is 14.9. The van der Waals surface area contributed by atoms with Crippen molar-refractivity contribution in [2.75, 3.05) is 6.54 Å². The molecular weight excluding hydrogens is 314 g/mol. The second-order valence-electron chi connectivity index (χ2n) is 7.79. The highest BCUT2D eigenvalue weighted by atomic mass is 16.6. The molecule has 0 aromatic carbocycles. The molecule has 0 bridgehead atoms. The van der Waals surface area contributed by atoms with Crippen LogP contribution in [0.1, 0.15) is 47.5 Å². The van der Waals surface area contributed by atoms with Crippen molar-refractivity contribution in [1.29, 1.82) is 0 Å². The van der Waals surface area contributed by atoms with Gasteiger partial charge in [0, 0.05) is 6.04 Å². The molecule has 2 aliphatic heterocycles. The zero-order valence-electron chi connectivity index (χ0n) is 14.9. The Hall–Kier alpha value is -1.83. The number of β-lactam (4-membered cyclic amide) rings is 1. The average Bonchev–Trinajstić information content (AvgIpc) is 2.75. The standard InChI is InChI=1S/C16H27N3O5/c1-9-6-7-16(19(9)14(23)24-15(3,4)5)8-18(13(16)22)11(10(2)20)12(17)21/h9-11,20H,6-8H2,1-5H3,(H2,17,21)/t9?,10-,11+,16?/m1/s1. The van der Waals surface area contributed by atoms with E-state index in [9.17, 15) is 19.5 Å². The maximum atomic E-state index is 12.8. The first kappa shape index (κ1) is 18.5. The fourth-order valence-corrected chi connectivity index (χ4v) is 3.62. The highest BCUT2D eigenvalue weighted by Crippen LogP contribution is 2.43. The van der Waals surface area contributed by atoms with Crippen LogP contribution in [0.15, 0.2) is 0 Å². The smallest absolute Gasteiger partial charge is 0.411 e. The molecule has 2 saturated heterocycles. The molecule has 0 aromatic rings. The minimum Gasteiger partial charge on any atom is -0.444 e. The molecule has 2 aliphatic rings. The zero-order chi connectivity index (χ0) is 18.4. The third-order valence-electron chi connectivity index (χ3n) is 4.64. The van der Waals surface area contributed by atoms with E-state index < -0.39 is 35.3 Å². The Labute approximate surface area is 141 Å². The van der Waals surface area contributed by atoms with Gasteiger partial charge < -0.3 is 20.5 Å². The van der Waals surface area contributed by atoms with Gasteiger partial charge in [0.2, 0.25) is 5.91 Å². The number of ether oxygens (including phenoxy) is 1. The Balaban J connectivity index is 2.23. The fourth-order valence-electron chi connectivity index (χ4n) is 3.62. The quantitative estimate of drug-likeness (QED) is 0.713. The van der Waals surface area contributed by atoms with E-state index in [-0.39, 0.29) is 18.5 Å². The topological polar surface area (TPSA) is 113 Å². The molecule has 0 aromatic heterocycles. The molecule has 2 fully saturated rings. The summed E-state index contributed by atoms with van der Waals surface area (Å²) in [6.07, 6.45) is -0.422. The van der Waals surface area contributed by atoms with Crippen molar-refractivity contribution in [3.05, 3.63) is 0 Å². The van der Waals surface area contributed by atoms with Crippen LogP contribution in [-0.4, -0.2) is 68.7 Å². The fraction of sp³-hybridized carbons (Fsp3) is 0.812. The summed E-state index contributed by atoms with van der Waals surface area (Å²) in [6, 6.07) is -1.22. The Kier molecular flexibility index (Phi) is 4.56. The van der Waals surface area contributed by atoms with Gasteiger partial charge in [0.1, 0.15) is 17.2 Å². The number of hydrogen-bond donors (Lipinski definition) is 2. The van der Waals surface area contributed by atoms with Gasteiger partial charge in [-0.15, -0.1) is 0 Å². The Morgan fingerprint density at radius 1 is 1.42 bits per heavy atom. The lowest BCUT2D eigenvalue weighted by molar-refractivity contribution is -0.172. The molecule has 2 heterocycles. The Morgan fingerprint density at radius 2 is 2.00 bits per heavy atom. The van der Waals surface area contributed by atoms with Crippen molar-refractivity contribution in [2.24, 2.45) is 5.73 Å². The van der Waals surface area contributed by atoms with Gasteiger partial charge in [0.05, 0.1) is 12.6 Å². The van der Waals surface area contributed by atoms with Gasteiger partial charge in [0.15, 0.2) is 0 Å². The number of aliphatic hydroxyl groups excluding tert-OH is 1. The summed E-state index contributed by atoms with van der Waals surface area (Å²) < 4.78 is 5.44. The monoisotopic (exact) mass is 341 g/mol. The molecule has 4 atom stereocenters. The third kappa shape index (κ3) is 2.94. The summed E-state index contributed by atoms with van der Waals surface area (Å²) in [7, 11) is 0. The summed E-state index contributed by atoms with van der Waals surface area (Å²) in [5.74, 6) is -1.12. The van der Waals surface area contributed by atoms with Crippen LogP contribution in [-0.2, 0) is 14.3 Å². The molecule has 0 radical (unpaired) electrons. The number of amides is 3. The van der Waals surface area contributed by atoms with Crippen LogP contribution in [0, 0.1) is 0 Å². The van der Waals surface area contributed by atoms with Crippen LogP contribution in [0.5, 0.6) is 0 Å². The van der Waals surface area contributed by atoms with E-state index in [1.165, 1.54) is 16.7 Å². The largest absolute Gasteiger partial charge is 0.444 e. The van der Waals surface area contributed by atoms with Crippen molar-refractivity contribution in [3.8, 4) is 0 Å². The van der Waals surface area contributed by atoms with Crippen LogP contribution in [0.3, 0.4) is 0 Å². The number of rotatable bonds is 3. The Morgan fingerprint density at radius 3 is 2.42 bits per heavy atom. The van der Waals surface area contributed by atoms with E-state index in [4.69, 9.17) is 10.5 Å². The van der Waals surface area contributed by atoms with Crippen LogP contribution in [0.2, 0.25) is 0 Å². The first-order valence-corrected chi connectivity index (χ1v) is 8.21. The molecule has 8 heteroatoms. The van der Waals surface area contributed by atoms with Crippen molar-refractivity contribution in [3.63, 3.8) is 0 Å². The average molecular weight is 341 g/mol. The highest BCUT2D eigenvalue weighted by Gasteiger charge is 2.64. The molecule has 8 nitrogen and oxygen atoms in total. The van der Waals surface area contributed by atoms with E-state index in [0.717, 1.165) is 0 Å². The van der Waals surface area contributed by atoms with Gasteiger partial charge in [-0.25, -0.2) is 4.79 Å². The SMILES string of the molecule is CC1CCC2(CN([C@H](C(N)=O)[C@@H](C)O)C2=O)N1C(=O)OC(C)(C)C. The van der Waals surface area contributed by atoms with Crippen LogP contribution >= 0.6 is 0 Å². The normalized spacial score (nSPS) is 29.4. The predicted octanol–water partition coefficient (Wildman–Crippen LogP) is 0.222. The molecule has 1 spiro atoms. The number of primary amides is 1. The van der Waals surface area contributed by atoms with Gasteiger partial charge in [-0.3, -0.25) is 14.5 Å². The van der Waals surface area contributed by atoms with E-state index in [1.54, 1.807) is 20.8 Å². The van der Waals surface area contributed by atoms with Crippen molar-refractivity contribution in [2.45, 2.75) is 76.8 Å². The number of nitrogens with two attached hydrogens (primary N) is 1. The van der Waals surface area contributed by atoms with Crippen molar-refractivity contribution in [1.82, 2.24) is 9.80 Å². The van der Waals surface area contributed by atoms with Crippen LogP contribution < -0.4 is 5.73 Å². The second kappa shape index (κ2) is 5.91. The number of carbonyl (C=O) groups is 3.